The summed E-state index contributed by atoms with van der Waals surface area (Å²) in [5, 5.41) is 9.76. The quantitative estimate of drug-likeness (QED) is 0.797. The van der Waals surface area contributed by atoms with Crippen LogP contribution in [-0.4, -0.2) is 35.4 Å². The molecule has 0 aliphatic rings. The van der Waals surface area contributed by atoms with Crippen molar-refractivity contribution in [3.63, 3.8) is 0 Å². The van der Waals surface area contributed by atoms with Crippen molar-refractivity contribution >= 4 is 17.7 Å². The minimum Gasteiger partial charge on any atom is -0.465 e. The number of hydrogen-bond acceptors (Lipinski definition) is 4. The molecule has 2 N–H and O–H groups in total. The van der Waals surface area contributed by atoms with Crippen LogP contribution in [0.15, 0.2) is 36.7 Å². The molecule has 0 spiro atoms. The maximum Gasteiger partial charge on any atom is 0.337 e. The number of aromatic nitrogens is 2. The summed E-state index contributed by atoms with van der Waals surface area (Å²) in [7, 11) is 1.34. The molecule has 0 saturated carbocycles. The number of nitrogens with zero attached hydrogens (tertiary/aromatic N) is 2. The number of aryl methyl sites for hydroxylation is 1. The Kier molecular flexibility index (Phi) is 5.95. The number of benzene rings is 1. The topological polar surface area (TPSA) is 85.2 Å². The number of anilines is 1. The Morgan fingerprint density at radius 2 is 2.17 bits per heavy atom. The summed E-state index contributed by atoms with van der Waals surface area (Å²) >= 11 is 0. The van der Waals surface area contributed by atoms with Gasteiger partial charge >= 0.3 is 12.0 Å². The number of nitrogens with one attached hydrogen (secondary N) is 2. The molecule has 0 saturated heterocycles. The van der Waals surface area contributed by atoms with Crippen LogP contribution in [-0.2, 0) is 11.3 Å². The molecule has 1 atom stereocenters. The fourth-order valence-corrected chi connectivity index (χ4v) is 2.27. The van der Waals surface area contributed by atoms with Gasteiger partial charge in [0.2, 0.25) is 0 Å². The third-order valence-electron chi connectivity index (χ3n) is 3.56. The first-order valence-corrected chi connectivity index (χ1v) is 7.71. The lowest BCUT2D eigenvalue weighted by atomic mass is 10.1. The summed E-state index contributed by atoms with van der Waals surface area (Å²) in [6, 6.07) is 6.58. The summed E-state index contributed by atoms with van der Waals surface area (Å²) in [6.45, 7) is 5.13. The number of amides is 2. The Labute approximate surface area is 141 Å². The van der Waals surface area contributed by atoms with E-state index in [1.54, 1.807) is 24.4 Å². The van der Waals surface area contributed by atoms with Crippen LogP contribution in [0.4, 0.5) is 10.5 Å². The van der Waals surface area contributed by atoms with Gasteiger partial charge in [0.15, 0.2) is 0 Å². The van der Waals surface area contributed by atoms with E-state index in [2.05, 4.69) is 20.5 Å². The second kappa shape index (κ2) is 8.14. The third kappa shape index (κ3) is 4.84. The number of rotatable bonds is 6. The van der Waals surface area contributed by atoms with Gasteiger partial charge in [0.1, 0.15) is 0 Å². The zero-order valence-corrected chi connectivity index (χ0v) is 14.1. The van der Waals surface area contributed by atoms with E-state index in [0.717, 1.165) is 12.1 Å². The third-order valence-corrected chi connectivity index (χ3v) is 3.56. The lowest BCUT2D eigenvalue weighted by Gasteiger charge is -2.14. The molecule has 7 heteroatoms. The normalized spacial score (nSPS) is 11.6. The Balaban J connectivity index is 1.84. The van der Waals surface area contributed by atoms with E-state index in [1.807, 2.05) is 30.8 Å². The molecule has 2 rings (SSSR count). The maximum absolute atomic E-state index is 12.0. The van der Waals surface area contributed by atoms with E-state index in [0.29, 0.717) is 17.8 Å². The summed E-state index contributed by atoms with van der Waals surface area (Å²) in [5.74, 6) is -0.153. The zero-order chi connectivity index (χ0) is 17.5. The van der Waals surface area contributed by atoms with Crippen LogP contribution >= 0.6 is 0 Å². The molecule has 1 heterocycles. The standard InChI is InChI=1S/C17H22N4O3/c1-12(11-21-8-4-7-19-21)10-18-17(23)20-15-6-5-14(9-13(15)2)16(22)24-3/h4-9,12H,10-11H2,1-3H3,(H2,18,20,23)/t12-/m1/s1. The van der Waals surface area contributed by atoms with E-state index >= 15 is 0 Å². The van der Waals surface area contributed by atoms with Crippen LogP contribution in [0.1, 0.15) is 22.8 Å². The lowest BCUT2D eigenvalue weighted by molar-refractivity contribution is 0.0600. The van der Waals surface area contributed by atoms with Crippen molar-refractivity contribution in [3.8, 4) is 0 Å². The van der Waals surface area contributed by atoms with E-state index in [-0.39, 0.29) is 11.9 Å². The highest BCUT2D eigenvalue weighted by atomic mass is 16.5. The second-order valence-corrected chi connectivity index (χ2v) is 5.69. The molecule has 1 aromatic heterocycles. The fourth-order valence-electron chi connectivity index (χ4n) is 2.27. The number of urea groups is 1. The van der Waals surface area contributed by atoms with Gasteiger partial charge in [0.05, 0.1) is 12.7 Å². The predicted octanol–water partition coefficient (Wildman–Crippen LogP) is 2.44. The smallest absolute Gasteiger partial charge is 0.337 e. The van der Waals surface area contributed by atoms with Crippen LogP contribution in [0.2, 0.25) is 0 Å². The van der Waals surface area contributed by atoms with Crippen LogP contribution in [0.25, 0.3) is 0 Å². The number of carbonyl (C=O) groups is 2. The van der Waals surface area contributed by atoms with Gasteiger partial charge in [-0.15, -0.1) is 0 Å². The molecule has 0 radical (unpaired) electrons. The second-order valence-electron chi connectivity index (χ2n) is 5.69. The highest BCUT2D eigenvalue weighted by Gasteiger charge is 2.10. The number of methoxy groups -OCH3 is 1. The van der Waals surface area contributed by atoms with E-state index in [9.17, 15) is 9.59 Å². The largest absolute Gasteiger partial charge is 0.465 e. The first kappa shape index (κ1) is 17.5. The summed E-state index contributed by atoms with van der Waals surface area (Å²) < 4.78 is 6.51. The van der Waals surface area contributed by atoms with Crippen molar-refractivity contribution in [2.75, 3.05) is 19.0 Å². The highest BCUT2D eigenvalue weighted by molar-refractivity contribution is 5.93. The van der Waals surface area contributed by atoms with Gasteiger partial charge in [-0.1, -0.05) is 6.92 Å². The van der Waals surface area contributed by atoms with Gasteiger partial charge in [-0.3, -0.25) is 4.68 Å². The Morgan fingerprint density at radius 3 is 2.79 bits per heavy atom. The monoisotopic (exact) mass is 330 g/mol. The molecule has 0 aliphatic heterocycles. The Morgan fingerprint density at radius 1 is 1.38 bits per heavy atom. The van der Waals surface area contributed by atoms with Crippen LogP contribution in [0.3, 0.4) is 0 Å². The van der Waals surface area contributed by atoms with Gasteiger partial charge in [-0.25, -0.2) is 9.59 Å². The van der Waals surface area contributed by atoms with Gasteiger partial charge < -0.3 is 15.4 Å². The van der Waals surface area contributed by atoms with Crippen molar-refractivity contribution in [1.82, 2.24) is 15.1 Å². The van der Waals surface area contributed by atoms with Crippen LogP contribution < -0.4 is 10.6 Å². The SMILES string of the molecule is COC(=O)c1ccc(NC(=O)NC[C@@H](C)Cn2cccn2)c(C)c1. The fraction of sp³-hybridized carbons (Fsp3) is 0.353. The highest BCUT2D eigenvalue weighted by Crippen LogP contribution is 2.17. The van der Waals surface area contributed by atoms with Crippen LogP contribution in [0, 0.1) is 12.8 Å². The molecule has 24 heavy (non-hydrogen) atoms. The molecule has 1 aromatic carbocycles. The molecule has 0 fully saturated rings. The average molecular weight is 330 g/mol. The van der Waals surface area contributed by atoms with Crippen molar-refractivity contribution in [3.05, 3.63) is 47.8 Å². The van der Waals surface area contributed by atoms with Crippen molar-refractivity contribution in [2.24, 2.45) is 5.92 Å². The minimum atomic E-state index is -0.401. The zero-order valence-electron chi connectivity index (χ0n) is 14.1. The molecule has 7 nitrogen and oxygen atoms in total. The predicted molar refractivity (Wildman–Crippen MR) is 90.9 cm³/mol. The lowest BCUT2D eigenvalue weighted by Crippen LogP contribution is -2.33. The van der Waals surface area contributed by atoms with Crippen molar-refractivity contribution in [1.29, 1.82) is 0 Å². The first-order valence-electron chi connectivity index (χ1n) is 7.71. The summed E-state index contributed by atoms with van der Waals surface area (Å²) in [4.78, 5) is 23.5. The van der Waals surface area contributed by atoms with Gasteiger partial charge in [-0.05, 0) is 42.7 Å². The Bertz CT molecular complexity index is 698. The Hall–Kier alpha value is -2.83. The van der Waals surface area contributed by atoms with E-state index < -0.39 is 5.97 Å². The van der Waals surface area contributed by atoms with Gasteiger partial charge in [0, 0.05) is 31.2 Å². The molecule has 0 aliphatic carbocycles. The van der Waals surface area contributed by atoms with Gasteiger partial charge in [0.25, 0.3) is 0 Å². The minimum absolute atomic E-state index is 0.249. The molecular weight excluding hydrogens is 308 g/mol. The maximum atomic E-state index is 12.0. The number of esters is 1. The van der Waals surface area contributed by atoms with Crippen LogP contribution in [0.5, 0.6) is 0 Å². The average Bonchev–Trinajstić information content (AvgIpc) is 3.07. The summed E-state index contributed by atoms with van der Waals surface area (Å²) in [6.07, 6.45) is 3.62. The number of carbonyl (C=O) groups excluding carboxylic acids is 2. The molecule has 0 unspecified atom stereocenters. The van der Waals surface area contributed by atoms with Crippen molar-refractivity contribution in [2.45, 2.75) is 20.4 Å². The molecule has 2 aromatic rings. The number of hydrogen-bond donors (Lipinski definition) is 2. The molecule has 128 valence electrons. The van der Waals surface area contributed by atoms with Gasteiger partial charge in [-0.2, -0.15) is 5.10 Å². The van der Waals surface area contributed by atoms with Crippen molar-refractivity contribution < 1.29 is 14.3 Å². The number of ether oxygens (including phenoxy) is 1. The van der Waals surface area contributed by atoms with E-state index in [1.165, 1.54) is 7.11 Å². The molecule has 0 bridgehead atoms. The molecule has 2 amide bonds. The molecular formula is C17H22N4O3. The van der Waals surface area contributed by atoms with E-state index in [4.69, 9.17) is 0 Å². The first-order chi connectivity index (χ1) is 11.5. The summed E-state index contributed by atoms with van der Waals surface area (Å²) in [5.41, 5.74) is 1.89.